The van der Waals surface area contributed by atoms with Gasteiger partial charge in [0.2, 0.25) is 0 Å². The molecule has 2 rings (SSSR count). The van der Waals surface area contributed by atoms with Gasteiger partial charge in [0.25, 0.3) is 0 Å². The molecule has 0 amide bonds. The van der Waals surface area contributed by atoms with Crippen molar-refractivity contribution in [1.82, 2.24) is 9.38 Å². The molecular weight excluding hydrogens is 234 g/mol. The number of pyridine rings is 1. The monoisotopic (exact) mass is 247 g/mol. The molecular formula is C13H14ClN3. The first-order valence-corrected chi connectivity index (χ1v) is 5.85. The lowest BCUT2D eigenvalue weighted by Crippen LogP contribution is -2.14. The first-order valence-electron chi connectivity index (χ1n) is 5.47. The molecule has 17 heavy (non-hydrogen) atoms. The summed E-state index contributed by atoms with van der Waals surface area (Å²) in [4.78, 5) is 4.60. The van der Waals surface area contributed by atoms with Gasteiger partial charge in [-0.05, 0) is 12.1 Å². The maximum Gasteiger partial charge on any atom is 0.137 e. The summed E-state index contributed by atoms with van der Waals surface area (Å²) in [6.45, 7) is 6.28. The third kappa shape index (κ3) is 2.13. The highest BCUT2D eigenvalue weighted by Crippen LogP contribution is 2.27. The van der Waals surface area contributed by atoms with Crippen molar-refractivity contribution >= 4 is 17.2 Å². The second kappa shape index (κ2) is 4.05. The number of nitriles is 1. The van der Waals surface area contributed by atoms with Gasteiger partial charge in [-0.3, -0.25) is 0 Å². The zero-order chi connectivity index (χ0) is 12.6. The van der Waals surface area contributed by atoms with E-state index in [0.717, 1.165) is 17.0 Å². The number of fused-ring (bicyclic) bond motifs is 1. The van der Waals surface area contributed by atoms with Gasteiger partial charge < -0.3 is 4.40 Å². The fourth-order valence-electron chi connectivity index (χ4n) is 1.91. The van der Waals surface area contributed by atoms with Crippen molar-refractivity contribution in [3.8, 4) is 6.07 Å². The quantitative estimate of drug-likeness (QED) is 0.775. The summed E-state index contributed by atoms with van der Waals surface area (Å²) in [6.07, 6.45) is 2.15. The van der Waals surface area contributed by atoms with E-state index in [1.54, 1.807) is 0 Å². The predicted octanol–water partition coefficient (Wildman–Crippen LogP) is 3.35. The molecule has 0 aliphatic carbocycles. The molecule has 0 saturated carbocycles. The second-order valence-electron chi connectivity index (χ2n) is 5.07. The van der Waals surface area contributed by atoms with Crippen molar-refractivity contribution in [1.29, 1.82) is 5.26 Å². The molecule has 0 aliphatic heterocycles. The van der Waals surface area contributed by atoms with E-state index in [1.807, 2.05) is 22.7 Å². The first kappa shape index (κ1) is 11.9. The van der Waals surface area contributed by atoms with Gasteiger partial charge in [-0.25, -0.2) is 4.98 Å². The van der Waals surface area contributed by atoms with Crippen molar-refractivity contribution < 1.29 is 0 Å². The van der Waals surface area contributed by atoms with Crippen LogP contribution in [0.4, 0.5) is 0 Å². The van der Waals surface area contributed by atoms with E-state index in [0.29, 0.717) is 11.4 Å². The largest absolute Gasteiger partial charge is 0.301 e. The Morgan fingerprint density at radius 3 is 2.71 bits per heavy atom. The van der Waals surface area contributed by atoms with E-state index >= 15 is 0 Å². The van der Waals surface area contributed by atoms with Gasteiger partial charge in [-0.2, -0.15) is 5.26 Å². The van der Waals surface area contributed by atoms with E-state index in [1.165, 1.54) is 0 Å². The SMILES string of the molecule is CC(C)(C)c1nc2ccc(Cl)cn2c1CC#N. The topological polar surface area (TPSA) is 41.1 Å². The smallest absolute Gasteiger partial charge is 0.137 e. The van der Waals surface area contributed by atoms with Gasteiger partial charge in [0.1, 0.15) is 5.65 Å². The molecule has 2 aromatic heterocycles. The lowest BCUT2D eigenvalue weighted by Gasteiger charge is -2.16. The highest BCUT2D eigenvalue weighted by Gasteiger charge is 2.23. The van der Waals surface area contributed by atoms with E-state index in [4.69, 9.17) is 16.9 Å². The second-order valence-corrected chi connectivity index (χ2v) is 5.50. The maximum absolute atomic E-state index is 8.93. The van der Waals surface area contributed by atoms with Crippen LogP contribution in [-0.4, -0.2) is 9.38 Å². The molecule has 2 heterocycles. The molecule has 3 nitrogen and oxygen atoms in total. The van der Waals surface area contributed by atoms with Crippen LogP contribution in [0.15, 0.2) is 18.3 Å². The number of hydrogen-bond acceptors (Lipinski definition) is 2. The van der Waals surface area contributed by atoms with Crippen LogP contribution in [0.3, 0.4) is 0 Å². The molecule has 0 spiro atoms. The first-order chi connectivity index (χ1) is 7.93. The molecule has 0 radical (unpaired) electrons. The Morgan fingerprint density at radius 2 is 2.12 bits per heavy atom. The molecule has 0 aromatic carbocycles. The van der Waals surface area contributed by atoms with Crippen LogP contribution in [0.5, 0.6) is 0 Å². The highest BCUT2D eigenvalue weighted by molar-refractivity contribution is 6.30. The number of nitrogens with zero attached hydrogens (tertiary/aromatic N) is 3. The van der Waals surface area contributed by atoms with E-state index in [-0.39, 0.29) is 5.41 Å². The van der Waals surface area contributed by atoms with Gasteiger partial charge in [0.05, 0.1) is 28.9 Å². The molecule has 4 heteroatoms. The number of rotatable bonds is 1. The van der Waals surface area contributed by atoms with Crippen molar-refractivity contribution in [3.63, 3.8) is 0 Å². The van der Waals surface area contributed by atoms with Gasteiger partial charge >= 0.3 is 0 Å². The summed E-state index contributed by atoms with van der Waals surface area (Å²) >= 11 is 5.98. The summed E-state index contributed by atoms with van der Waals surface area (Å²) in [6, 6.07) is 5.88. The van der Waals surface area contributed by atoms with E-state index < -0.39 is 0 Å². The number of hydrogen-bond donors (Lipinski definition) is 0. The van der Waals surface area contributed by atoms with Crippen LogP contribution < -0.4 is 0 Å². The van der Waals surface area contributed by atoms with Gasteiger partial charge in [-0.15, -0.1) is 0 Å². The van der Waals surface area contributed by atoms with Gasteiger partial charge in [-0.1, -0.05) is 32.4 Å². The van der Waals surface area contributed by atoms with Crippen LogP contribution in [0.2, 0.25) is 5.02 Å². The summed E-state index contributed by atoms with van der Waals surface area (Å²) in [5.41, 5.74) is 2.65. The van der Waals surface area contributed by atoms with Crippen molar-refractivity contribution in [2.24, 2.45) is 0 Å². The summed E-state index contributed by atoms with van der Waals surface area (Å²) < 4.78 is 1.91. The Hall–Kier alpha value is -1.53. The predicted molar refractivity (Wildman–Crippen MR) is 68.2 cm³/mol. The van der Waals surface area contributed by atoms with Crippen LogP contribution in [0, 0.1) is 11.3 Å². The van der Waals surface area contributed by atoms with Gasteiger partial charge in [0, 0.05) is 11.6 Å². The average Bonchev–Trinajstić information content (AvgIpc) is 2.57. The molecule has 0 bridgehead atoms. The molecule has 0 aliphatic rings. The molecule has 88 valence electrons. The number of halogens is 1. The third-order valence-corrected chi connectivity index (χ3v) is 2.86. The Bertz CT molecular complexity index is 599. The Kier molecular flexibility index (Phi) is 2.84. The van der Waals surface area contributed by atoms with Crippen molar-refractivity contribution in [2.45, 2.75) is 32.6 Å². The van der Waals surface area contributed by atoms with E-state index in [9.17, 15) is 0 Å². The third-order valence-electron chi connectivity index (χ3n) is 2.64. The van der Waals surface area contributed by atoms with Crippen molar-refractivity contribution in [3.05, 3.63) is 34.7 Å². The molecule has 0 N–H and O–H groups in total. The van der Waals surface area contributed by atoms with Crippen LogP contribution in [0.25, 0.3) is 5.65 Å². The summed E-state index contributed by atoms with van der Waals surface area (Å²) in [5.74, 6) is 0. The molecule has 0 saturated heterocycles. The fraction of sp³-hybridized carbons (Fsp3) is 0.385. The van der Waals surface area contributed by atoms with Crippen LogP contribution >= 0.6 is 11.6 Å². The average molecular weight is 248 g/mol. The molecule has 0 atom stereocenters. The minimum atomic E-state index is -0.0787. The lowest BCUT2D eigenvalue weighted by molar-refractivity contribution is 0.566. The minimum Gasteiger partial charge on any atom is -0.301 e. The molecule has 2 aromatic rings. The highest BCUT2D eigenvalue weighted by atomic mass is 35.5. The Labute approximate surface area is 106 Å². The van der Waals surface area contributed by atoms with Gasteiger partial charge in [0.15, 0.2) is 0 Å². The number of imidazole rings is 1. The fourth-order valence-corrected chi connectivity index (χ4v) is 2.07. The van der Waals surface area contributed by atoms with Crippen LogP contribution in [-0.2, 0) is 11.8 Å². The Morgan fingerprint density at radius 1 is 1.41 bits per heavy atom. The van der Waals surface area contributed by atoms with Crippen LogP contribution in [0.1, 0.15) is 32.2 Å². The van der Waals surface area contributed by atoms with E-state index in [2.05, 4.69) is 31.8 Å². The molecule has 0 fully saturated rings. The normalized spacial score (nSPS) is 11.7. The number of aromatic nitrogens is 2. The van der Waals surface area contributed by atoms with Crippen molar-refractivity contribution in [2.75, 3.05) is 0 Å². The summed E-state index contributed by atoms with van der Waals surface area (Å²) in [5, 5.41) is 9.58. The zero-order valence-electron chi connectivity index (χ0n) is 10.2. The lowest BCUT2D eigenvalue weighted by atomic mass is 9.90. The zero-order valence-corrected chi connectivity index (χ0v) is 10.9. The maximum atomic E-state index is 8.93. The Balaban J connectivity index is 2.77. The standard InChI is InChI=1S/C13H14ClN3/c1-13(2,3)12-10(6-7-15)17-8-9(14)4-5-11(17)16-12/h4-5,8H,6H2,1-3H3. The summed E-state index contributed by atoms with van der Waals surface area (Å²) in [7, 11) is 0. The molecule has 0 unspecified atom stereocenters. The minimum absolute atomic E-state index is 0.0787.